The molecule has 2 aromatic rings. The van der Waals surface area contributed by atoms with Crippen molar-refractivity contribution in [3.63, 3.8) is 0 Å². The maximum Gasteiger partial charge on any atom is 0.224 e. The summed E-state index contributed by atoms with van der Waals surface area (Å²) in [5, 5.41) is 3.02. The van der Waals surface area contributed by atoms with Crippen LogP contribution in [0.3, 0.4) is 0 Å². The molecule has 0 aliphatic heterocycles. The van der Waals surface area contributed by atoms with Gasteiger partial charge in [-0.2, -0.15) is 0 Å². The first-order valence-electron chi connectivity index (χ1n) is 6.57. The summed E-state index contributed by atoms with van der Waals surface area (Å²) in [5.74, 6) is 0.0255. The van der Waals surface area contributed by atoms with Crippen LogP contribution < -0.4 is 5.32 Å². The largest absolute Gasteiger partial charge is 0.353 e. The van der Waals surface area contributed by atoms with Crippen molar-refractivity contribution in [2.75, 3.05) is 0 Å². The predicted octanol–water partition coefficient (Wildman–Crippen LogP) is 3.13. The third-order valence-electron chi connectivity index (χ3n) is 2.98. The van der Waals surface area contributed by atoms with Gasteiger partial charge in [0.1, 0.15) is 0 Å². The molecule has 1 N–H and O–H groups in total. The lowest BCUT2D eigenvalue weighted by Crippen LogP contribution is -2.35. The maximum absolute atomic E-state index is 11.9. The fourth-order valence-electron chi connectivity index (χ4n) is 2.06. The lowest BCUT2D eigenvalue weighted by Gasteiger charge is -2.15. The van der Waals surface area contributed by atoms with Crippen molar-refractivity contribution < 1.29 is 4.79 Å². The molecule has 1 atom stereocenters. The molecular formula is C16H17BrN2O. The normalized spacial score (nSPS) is 11.9. The highest BCUT2D eigenvalue weighted by Crippen LogP contribution is 2.17. The average molecular weight is 333 g/mol. The second kappa shape index (κ2) is 7.20. The zero-order valence-corrected chi connectivity index (χ0v) is 12.9. The molecule has 0 saturated heterocycles. The Morgan fingerprint density at radius 2 is 2.10 bits per heavy atom. The highest BCUT2D eigenvalue weighted by Gasteiger charge is 2.10. The molecular weight excluding hydrogens is 316 g/mol. The SMILES string of the molecule is C[C@H](Cc1ccccc1Br)NC(=O)Cc1cccnc1. The summed E-state index contributed by atoms with van der Waals surface area (Å²) < 4.78 is 1.08. The maximum atomic E-state index is 11.9. The van der Waals surface area contributed by atoms with Crippen molar-refractivity contribution >= 4 is 21.8 Å². The number of pyridine rings is 1. The number of nitrogens with one attached hydrogen (secondary N) is 1. The standard InChI is InChI=1S/C16H17BrN2O/c1-12(9-14-6-2-3-7-15(14)17)19-16(20)10-13-5-4-8-18-11-13/h2-8,11-12H,9-10H2,1H3,(H,19,20)/t12-/m1/s1. The van der Waals surface area contributed by atoms with Crippen LogP contribution in [0.4, 0.5) is 0 Å². The molecule has 0 aliphatic rings. The Balaban J connectivity index is 1.87. The summed E-state index contributed by atoms with van der Waals surface area (Å²) in [4.78, 5) is 16.0. The van der Waals surface area contributed by atoms with Gasteiger partial charge in [0.25, 0.3) is 0 Å². The van der Waals surface area contributed by atoms with Crippen LogP contribution >= 0.6 is 15.9 Å². The van der Waals surface area contributed by atoms with Crippen LogP contribution in [0.15, 0.2) is 53.3 Å². The first kappa shape index (κ1) is 14.7. The Kier molecular flexibility index (Phi) is 5.30. The smallest absolute Gasteiger partial charge is 0.224 e. The zero-order valence-electron chi connectivity index (χ0n) is 11.3. The van der Waals surface area contributed by atoms with Crippen molar-refractivity contribution in [1.29, 1.82) is 0 Å². The van der Waals surface area contributed by atoms with E-state index in [2.05, 4.69) is 32.3 Å². The molecule has 0 fully saturated rings. The van der Waals surface area contributed by atoms with Crippen molar-refractivity contribution in [2.45, 2.75) is 25.8 Å². The van der Waals surface area contributed by atoms with Crippen LogP contribution in [0.2, 0.25) is 0 Å². The van der Waals surface area contributed by atoms with Crippen molar-refractivity contribution in [1.82, 2.24) is 10.3 Å². The summed E-state index contributed by atoms with van der Waals surface area (Å²) >= 11 is 3.52. The van der Waals surface area contributed by atoms with Crippen LogP contribution in [0, 0.1) is 0 Å². The average Bonchev–Trinajstić information content (AvgIpc) is 2.42. The Hall–Kier alpha value is -1.68. The lowest BCUT2D eigenvalue weighted by molar-refractivity contribution is -0.121. The van der Waals surface area contributed by atoms with Gasteiger partial charge in [-0.3, -0.25) is 9.78 Å². The van der Waals surface area contributed by atoms with Gasteiger partial charge in [0, 0.05) is 22.9 Å². The van der Waals surface area contributed by atoms with Gasteiger partial charge in [0.2, 0.25) is 5.91 Å². The summed E-state index contributed by atoms with van der Waals surface area (Å²) in [5.41, 5.74) is 2.12. The molecule has 4 heteroatoms. The number of benzene rings is 1. The molecule has 0 unspecified atom stereocenters. The molecule has 0 spiro atoms. The van der Waals surface area contributed by atoms with Gasteiger partial charge in [-0.1, -0.05) is 40.2 Å². The fraction of sp³-hybridized carbons (Fsp3) is 0.250. The molecule has 0 saturated carbocycles. The molecule has 1 heterocycles. The van der Waals surface area contributed by atoms with E-state index in [1.807, 2.05) is 37.3 Å². The summed E-state index contributed by atoms with van der Waals surface area (Å²) in [7, 11) is 0. The number of hydrogen-bond acceptors (Lipinski definition) is 2. The van der Waals surface area contributed by atoms with Gasteiger partial charge in [0.15, 0.2) is 0 Å². The second-order valence-electron chi connectivity index (χ2n) is 4.80. The van der Waals surface area contributed by atoms with Crippen LogP contribution in [0.25, 0.3) is 0 Å². The molecule has 0 aliphatic carbocycles. The topological polar surface area (TPSA) is 42.0 Å². The van der Waals surface area contributed by atoms with Gasteiger partial charge in [-0.05, 0) is 36.6 Å². The molecule has 1 aromatic carbocycles. The Morgan fingerprint density at radius 1 is 1.30 bits per heavy atom. The highest BCUT2D eigenvalue weighted by molar-refractivity contribution is 9.10. The minimum absolute atomic E-state index is 0.0255. The number of carbonyl (C=O) groups is 1. The molecule has 0 radical (unpaired) electrons. The number of aromatic nitrogens is 1. The van der Waals surface area contributed by atoms with E-state index in [1.165, 1.54) is 5.56 Å². The Labute approximate surface area is 127 Å². The van der Waals surface area contributed by atoms with Crippen LogP contribution in [-0.4, -0.2) is 16.9 Å². The van der Waals surface area contributed by atoms with E-state index in [1.54, 1.807) is 12.4 Å². The van der Waals surface area contributed by atoms with E-state index >= 15 is 0 Å². The van der Waals surface area contributed by atoms with E-state index in [4.69, 9.17) is 0 Å². The molecule has 0 bridgehead atoms. The summed E-state index contributed by atoms with van der Waals surface area (Å²) in [6.07, 6.45) is 4.60. The molecule has 20 heavy (non-hydrogen) atoms. The van der Waals surface area contributed by atoms with Crippen LogP contribution in [-0.2, 0) is 17.6 Å². The van der Waals surface area contributed by atoms with Crippen molar-refractivity contribution in [3.8, 4) is 0 Å². The Bertz CT molecular complexity index is 572. The number of hydrogen-bond donors (Lipinski definition) is 1. The second-order valence-corrected chi connectivity index (χ2v) is 5.66. The van der Waals surface area contributed by atoms with Gasteiger partial charge < -0.3 is 5.32 Å². The molecule has 1 aromatic heterocycles. The number of carbonyl (C=O) groups excluding carboxylic acids is 1. The fourth-order valence-corrected chi connectivity index (χ4v) is 2.51. The predicted molar refractivity (Wildman–Crippen MR) is 83.4 cm³/mol. The molecule has 104 valence electrons. The molecule has 1 amide bonds. The molecule has 2 rings (SSSR count). The van der Waals surface area contributed by atoms with Crippen LogP contribution in [0.1, 0.15) is 18.1 Å². The minimum atomic E-state index is 0.0255. The van der Waals surface area contributed by atoms with Gasteiger partial charge in [-0.15, -0.1) is 0 Å². The lowest BCUT2D eigenvalue weighted by atomic mass is 10.1. The van der Waals surface area contributed by atoms with Crippen molar-refractivity contribution in [2.24, 2.45) is 0 Å². The third kappa shape index (κ3) is 4.46. The third-order valence-corrected chi connectivity index (χ3v) is 3.75. The highest BCUT2D eigenvalue weighted by atomic mass is 79.9. The van der Waals surface area contributed by atoms with E-state index in [9.17, 15) is 4.79 Å². The van der Waals surface area contributed by atoms with Gasteiger partial charge >= 0.3 is 0 Å². The number of rotatable bonds is 5. The first-order chi connectivity index (χ1) is 9.65. The number of nitrogens with zero attached hydrogens (tertiary/aromatic N) is 1. The summed E-state index contributed by atoms with van der Waals surface area (Å²) in [6, 6.07) is 11.9. The van der Waals surface area contributed by atoms with E-state index in [0.29, 0.717) is 6.42 Å². The number of halogens is 1. The monoisotopic (exact) mass is 332 g/mol. The molecule has 3 nitrogen and oxygen atoms in total. The zero-order chi connectivity index (χ0) is 14.4. The van der Waals surface area contributed by atoms with Gasteiger partial charge in [0.05, 0.1) is 6.42 Å². The Morgan fingerprint density at radius 3 is 2.80 bits per heavy atom. The van der Waals surface area contributed by atoms with Crippen LogP contribution in [0.5, 0.6) is 0 Å². The van der Waals surface area contributed by atoms with E-state index in [0.717, 1.165) is 16.5 Å². The summed E-state index contributed by atoms with van der Waals surface area (Å²) in [6.45, 7) is 2.01. The van der Waals surface area contributed by atoms with E-state index in [-0.39, 0.29) is 11.9 Å². The quantitative estimate of drug-likeness (QED) is 0.913. The van der Waals surface area contributed by atoms with E-state index < -0.39 is 0 Å². The first-order valence-corrected chi connectivity index (χ1v) is 7.36. The minimum Gasteiger partial charge on any atom is -0.353 e. The number of amides is 1. The van der Waals surface area contributed by atoms with Gasteiger partial charge in [-0.25, -0.2) is 0 Å². The van der Waals surface area contributed by atoms with Crippen molar-refractivity contribution in [3.05, 3.63) is 64.4 Å².